The first kappa shape index (κ1) is 29.4. The SMILES string of the molecule is CCOC(=O)c1c(NC(=O)c2ccc(O[C@H](C)C(=O)Nc3ccc(OCC)cc3)cc2)sc(C)c1-c1ccccc1. The Balaban J connectivity index is 1.43. The van der Waals surface area contributed by atoms with Crippen LogP contribution in [0.2, 0.25) is 0 Å². The summed E-state index contributed by atoms with van der Waals surface area (Å²) in [5, 5.41) is 6.11. The molecule has 0 radical (unpaired) electrons. The van der Waals surface area contributed by atoms with Gasteiger partial charge in [-0.1, -0.05) is 30.3 Å². The number of anilines is 2. The molecule has 0 aliphatic heterocycles. The zero-order valence-corrected chi connectivity index (χ0v) is 24.2. The Morgan fingerprint density at radius 3 is 2.12 bits per heavy atom. The molecule has 0 saturated carbocycles. The highest BCUT2D eigenvalue weighted by molar-refractivity contribution is 7.17. The number of hydrogen-bond donors (Lipinski definition) is 2. The number of esters is 1. The van der Waals surface area contributed by atoms with Gasteiger partial charge in [0, 0.05) is 21.7 Å². The van der Waals surface area contributed by atoms with Gasteiger partial charge in [-0.25, -0.2) is 4.79 Å². The van der Waals surface area contributed by atoms with Gasteiger partial charge in [-0.3, -0.25) is 9.59 Å². The van der Waals surface area contributed by atoms with E-state index in [-0.39, 0.29) is 18.4 Å². The standard InChI is InChI=1S/C32H32N2O6S/c1-5-38-25-18-14-24(15-19-25)33-29(35)20(3)40-26-16-12-23(13-17-26)30(36)34-31-28(32(37)39-6-2)27(21(4)41-31)22-10-8-7-9-11-22/h7-20H,5-6H2,1-4H3,(H,33,35)(H,34,36)/t20-/m1/s1. The molecule has 2 amide bonds. The van der Waals surface area contributed by atoms with E-state index in [4.69, 9.17) is 14.2 Å². The molecule has 0 bridgehead atoms. The van der Waals surface area contributed by atoms with Crippen LogP contribution in [0.15, 0.2) is 78.9 Å². The van der Waals surface area contributed by atoms with Crippen LogP contribution in [-0.2, 0) is 9.53 Å². The van der Waals surface area contributed by atoms with E-state index < -0.39 is 12.1 Å². The topological polar surface area (TPSA) is 103 Å². The summed E-state index contributed by atoms with van der Waals surface area (Å²) < 4.78 is 16.5. The van der Waals surface area contributed by atoms with Crippen molar-refractivity contribution in [2.45, 2.75) is 33.8 Å². The first-order chi connectivity index (χ1) is 19.8. The highest BCUT2D eigenvalue weighted by Gasteiger charge is 2.26. The predicted octanol–water partition coefficient (Wildman–Crippen LogP) is 6.96. The molecule has 0 saturated heterocycles. The van der Waals surface area contributed by atoms with E-state index >= 15 is 0 Å². The Bertz CT molecular complexity index is 1500. The molecule has 0 aliphatic rings. The zero-order valence-electron chi connectivity index (χ0n) is 23.4. The fourth-order valence-electron chi connectivity index (χ4n) is 4.15. The largest absolute Gasteiger partial charge is 0.494 e. The highest BCUT2D eigenvalue weighted by Crippen LogP contribution is 2.40. The van der Waals surface area contributed by atoms with Crippen molar-refractivity contribution >= 4 is 39.8 Å². The fraction of sp³-hybridized carbons (Fsp3) is 0.219. The maximum atomic E-state index is 13.1. The Morgan fingerprint density at radius 2 is 1.49 bits per heavy atom. The molecule has 2 N–H and O–H groups in total. The van der Waals surface area contributed by atoms with E-state index in [9.17, 15) is 14.4 Å². The number of nitrogens with one attached hydrogen (secondary N) is 2. The summed E-state index contributed by atoms with van der Waals surface area (Å²) in [6, 6.07) is 23.1. The van der Waals surface area contributed by atoms with Crippen LogP contribution in [-0.4, -0.2) is 37.1 Å². The van der Waals surface area contributed by atoms with Crippen molar-refractivity contribution in [3.63, 3.8) is 0 Å². The Labute approximate surface area is 243 Å². The Morgan fingerprint density at radius 1 is 0.829 bits per heavy atom. The summed E-state index contributed by atoms with van der Waals surface area (Å²) in [7, 11) is 0. The smallest absolute Gasteiger partial charge is 0.341 e. The van der Waals surface area contributed by atoms with Crippen molar-refractivity contribution in [1.29, 1.82) is 0 Å². The third-order valence-corrected chi connectivity index (χ3v) is 7.11. The second kappa shape index (κ2) is 13.6. The van der Waals surface area contributed by atoms with Crippen LogP contribution < -0.4 is 20.1 Å². The lowest BCUT2D eigenvalue weighted by Gasteiger charge is -2.15. The van der Waals surface area contributed by atoms with E-state index in [1.54, 1.807) is 62.4 Å². The molecule has 4 aromatic rings. The monoisotopic (exact) mass is 572 g/mol. The lowest BCUT2D eigenvalue weighted by Crippen LogP contribution is -2.30. The van der Waals surface area contributed by atoms with Crippen LogP contribution in [0.25, 0.3) is 11.1 Å². The minimum Gasteiger partial charge on any atom is -0.494 e. The van der Waals surface area contributed by atoms with Crippen LogP contribution in [0.1, 0.15) is 46.4 Å². The van der Waals surface area contributed by atoms with Crippen LogP contribution in [0.5, 0.6) is 11.5 Å². The van der Waals surface area contributed by atoms with Gasteiger partial charge in [0.25, 0.3) is 11.8 Å². The third-order valence-electron chi connectivity index (χ3n) is 6.08. The van der Waals surface area contributed by atoms with Crippen LogP contribution >= 0.6 is 11.3 Å². The van der Waals surface area contributed by atoms with Crippen LogP contribution in [0.3, 0.4) is 0 Å². The molecule has 4 rings (SSSR count). The number of thiophene rings is 1. The molecule has 1 heterocycles. The third kappa shape index (κ3) is 7.32. The summed E-state index contributed by atoms with van der Waals surface area (Å²) in [4.78, 5) is 39.6. The molecule has 41 heavy (non-hydrogen) atoms. The van der Waals surface area contributed by atoms with Gasteiger partial charge >= 0.3 is 5.97 Å². The summed E-state index contributed by atoms with van der Waals surface area (Å²) in [5.74, 6) is -0.0374. The number of carbonyl (C=O) groups is 3. The van der Waals surface area contributed by atoms with E-state index in [2.05, 4.69) is 10.6 Å². The summed E-state index contributed by atoms with van der Waals surface area (Å²) >= 11 is 1.32. The van der Waals surface area contributed by atoms with Crippen molar-refractivity contribution in [2.75, 3.05) is 23.8 Å². The van der Waals surface area contributed by atoms with E-state index in [0.29, 0.717) is 34.2 Å². The zero-order chi connectivity index (χ0) is 29.4. The number of hydrogen-bond acceptors (Lipinski definition) is 7. The van der Waals surface area contributed by atoms with Crippen molar-refractivity contribution in [3.8, 4) is 22.6 Å². The maximum absolute atomic E-state index is 13.1. The molecule has 0 aliphatic carbocycles. The van der Waals surface area contributed by atoms with Gasteiger partial charge in [0.05, 0.1) is 13.2 Å². The number of aryl methyl sites for hydroxylation is 1. The molecule has 0 spiro atoms. The lowest BCUT2D eigenvalue weighted by atomic mass is 10.0. The number of amides is 2. The van der Waals surface area contributed by atoms with Gasteiger partial charge in [0.2, 0.25) is 0 Å². The Kier molecular flexibility index (Phi) is 9.76. The molecule has 0 unspecified atom stereocenters. The van der Waals surface area contributed by atoms with Crippen molar-refractivity contribution < 1.29 is 28.6 Å². The minimum atomic E-state index is -0.779. The molecule has 1 aromatic heterocycles. The molecule has 212 valence electrons. The van der Waals surface area contributed by atoms with E-state index in [1.807, 2.05) is 44.2 Å². The van der Waals surface area contributed by atoms with Gasteiger partial charge in [0.15, 0.2) is 6.10 Å². The van der Waals surface area contributed by atoms with Gasteiger partial charge in [0.1, 0.15) is 22.1 Å². The molecule has 0 fully saturated rings. The van der Waals surface area contributed by atoms with Crippen molar-refractivity contribution in [2.24, 2.45) is 0 Å². The van der Waals surface area contributed by atoms with E-state index in [0.717, 1.165) is 21.8 Å². The normalized spacial score (nSPS) is 11.3. The molecular formula is C32H32N2O6S. The summed E-state index contributed by atoms with van der Waals surface area (Å²) in [6.07, 6.45) is -0.779. The number of ether oxygens (including phenoxy) is 3. The number of benzene rings is 3. The summed E-state index contributed by atoms with van der Waals surface area (Å²) in [6.45, 7) is 7.98. The average Bonchev–Trinajstić information content (AvgIpc) is 3.30. The quantitative estimate of drug-likeness (QED) is 0.188. The van der Waals surface area contributed by atoms with Crippen LogP contribution in [0.4, 0.5) is 10.7 Å². The summed E-state index contributed by atoms with van der Waals surface area (Å²) in [5.41, 5.74) is 2.94. The minimum absolute atomic E-state index is 0.216. The average molecular weight is 573 g/mol. The first-order valence-electron chi connectivity index (χ1n) is 13.3. The number of rotatable bonds is 11. The Hall–Kier alpha value is -4.63. The number of carbonyl (C=O) groups excluding carboxylic acids is 3. The second-order valence-electron chi connectivity index (χ2n) is 9.01. The van der Waals surface area contributed by atoms with Gasteiger partial charge in [-0.05, 0) is 81.8 Å². The van der Waals surface area contributed by atoms with E-state index in [1.165, 1.54) is 11.3 Å². The molecule has 3 aromatic carbocycles. The van der Waals surface area contributed by atoms with Gasteiger partial charge in [-0.2, -0.15) is 0 Å². The molecular weight excluding hydrogens is 540 g/mol. The second-order valence-corrected chi connectivity index (χ2v) is 10.2. The first-order valence-corrected chi connectivity index (χ1v) is 14.1. The van der Waals surface area contributed by atoms with Crippen molar-refractivity contribution in [3.05, 3.63) is 94.9 Å². The van der Waals surface area contributed by atoms with Gasteiger partial charge in [-0.15, -0.1) is 11.3 Å². The van der Waals surface area contributed by atoms with Crippen LogP contribution in [0, 0.1) is 6.92 Å². The van der Waals surface area contributed by atoms with Crippen molar-refractivity contribution in [1.82, 2.24) is 0 Å². The fourth-order valence-corrected chi connectivity index (χ4v) is 5.21. The maximum Gasteiger partial charge on any atom is 0.341 e. The lowest BCUT2D eigenvalue weighted by molar-refractivity contribution is -0.122. The van der Waals surface area contributed by atoms with Gasteiger partial charge < -0.3 is 24.8 Å². The highest BCUT2D eigenvalue weighted by atomic mass is 32.1. The molecule has 1 atom stereocenters. The molecule has 9 heteroatoms. The predicted molar refractivity (Wildman–Crippen MR) is 161 cm³/mol. The molecule has 8 nitrogen and oxygen atoms in total.